The molecule has 4 aliphatic rings. The van der Waals surface area contributed by atoms with Crippen LogP contribution in [0.1, 0.15) is 38.5 Å². The van der Waals surface area contributed by atoms with Gasteiger partial charge in [-0.3, -0.25) is 0 Å². The van der Waals surface area contributed by atoms with Crippen molar-refractivity contribution in [1.29, 1.82) is 0 Å². The zero-order valence-corrected chi connectivity index (χ0v) is 9.29. The van der Waals surface area contributed by atoms with Crippen LogP contribution in [-0.2, 0) is 0 Å². The van der Waals surface area contributed by atoms with E-state index in [0.717, 1.165) is 0 Å². The average Bonchev–Trinajstić information content (AvgIpc) is 1.98. The molecule has 14 heavy (non-hydrogen) atoms. The normalized spacial score (nSPS) is 43.7. The second-order valence-electron chi connectivity index (χ2n) is 5.16. The molecule has 0 unspecified atom stereocenters. The van der Waals surface area contributed by atoms with E-state index >= 15 is 0 Å². The van der Waals surface area contributed by atoms with Gasteiger partial charge in [0.15, 0.2) is 0 Å². The summed E-state index contributed by atoms with van der Waals surface area (Å²) < 4.78 is 0. The van der Waals surface area contributed by atoms with Gasteiger partial charge in [-0.05, 0) is 62.2 Å². The van der Waals surface area contributed by atoms with Crippen LogP contribution in [0.25, 0.3) is 0 Å². The van der Waals surface area contributed by atoms with Crippen molar-refractivity contribution < 1.29 is 9.79 Å². The molecule has 4 bridgehead atoms. The van der Waals surface area contributed by atoms with E-state index in [0.29, 0.717) is 0 Å². The SMILES string of the molecule is C1C2CC3CC1CC(C2)C3.NP([O-])[O-]. The Balaban J connectivity index is 0.000000165. The number of rotatable bonds is 0. The van der Waals surface area contributed by atoms with Gasteiger partial charge in [-0.15, -0.1) is 0 Å². The number of hydrogen-bond acceptors (Lipinski definition) is 3. The molecule has 0 amide bonds. The van der Waals surface area contributed by atoms with Gasteiger partial charge in [0.1, 0.15) is 0 Å². The molecular weight excluding hydrogens is 197 g/mol. The highest BCUT2D eigenvalue weighted by atomic mass is 31.2. The first kappa shape index (κ1) is 10.8. The van der Waals surface area contributed by atoms with E-state index in [4.69, 9.17) is 9.79 Å². The maximum Gasteiger partial charge on any atom is -0.0406 e. The molecule has 4 fully saturated rings. The molecule has 2 N–H and O–H groups in total. The fourth-order valence-corrected chi connectivity index (χ4v) is 3.98. The second-order valence-corrected chi connectivity index (χ2v) is 5.73. The Morgan fingerprint density at radius 2 is 0.857 bits per heavy atom. The molecule has 0 aromatic carbocycles. The van der Waals surface area contributed by atoms with Crippen LogP contribution in [0.4, 0.5) is 0 Å². The Morgan fingerprint density at radius 1 is 0.714 bits per heavy atom. The van der Waals surface area contributed by atoms with Crippen LogP contribution >= 0.6 is 8.53 Å². The molecule has 0 atom stereocenters. The Hall–Kier alpha value is 0.310. The van der Waals surface area contributed by atoms with E-state index in [2.05, 4.69) is 5.50 Å². The summed E-state index contributed by atoms with van der Waals surface area (Å²) in [5.74, 6) is 4.71. The standard InChI is InChI=1S/C10H16.H2NO2P/c1-7-2-9-4-8(1)5-10(3-7)6-9;1-4(2)3/h7-10H,1-6H2;1H2/q;-2. The molecule has 0 radical (unpaired) electrons. The fourth-order valence-electron chi connectivity index (χ4n) is 3.98. The molecule has 0 heterocycles. The van der Waals surface area contributed by atoms with Gasteiger partial charge >= 0.3 is 0 Å². The van der Waals surface area contributed by atoms with Gasteiger partial charge in [-0.25, -0.2) is 8.53 Å². The van der Waals surface area contributed by atoms with E-state index in [1.165, 1.54) is 23.7 Å². The predicted octanol–water partition coefficient (Wildman–Crippen LogP) is 0.725. The summed E-state index contributed by atoms with van der Waals surface area (Å²) in [4.78, 5) is 17.6. The van der Waals surface area contributed by atoms with E-state index < -0.39 is 8.53 Å². The highest BCUT2D eigenvalue weighted by Gasteiger charge is 2.41. The smallest absolute Gasteiger partial charge is 0.0406 e. The predicted molar refractivity (Wildman–Crippen MR) is 52.8 cm³/mol. The van der Waals surface area contributed by atoms with Crippen molar-refractivity contribution in [2.24, 2.45) is 29.2 Å². The molecule has 4 rings (SSSR count). The lowest BCUT2D eigenvalue weighted by Crippen LogP contribution is -2.38. The van der Waals surface area contributed by atoms with Crippen molar-refractivity contribution in [3.8, 4) is 0 Å². The van der Waals surface area contributed by atoms with Crippen molar-refractivity contribution in [2.45, 2.75) is 38.5 Å². The molecule has 4 saturated carbocycles. The third-order valence-corrected chi connectivity index (χ3v) is 4.00. The van der Waals surface area contributed by atoms with Crippen LogP contribution in [0.3, 0.4) is 0 Å². The maximum atomic E-state index is 8.81. The molecule has 4 heteroatoms. The van der Waals surface area contributed by atoms with Crippen molar-refractivity contribution in [3.05, 3.63) is 0 Å². The van der Waals surface area contributed by atoms with Crippen LogP contribution in [0, 0.1) is 23.7 Å². The Morgan fingerprint density at radius 3 is 1.00 bits per heavy atom. The third kappa shape index (κ3) is 2.66. The maximum absolute atomic E-state index is 8.81. The van der Waals surface area contributed by atoms with Gasteiger partial charge in [0.05, 0.1) is 0 Å². The Bertz CT molecular complexity index is 139. The van der Waals surface area contributed by atoms with Crippen LogP contribution < -0.4 is 15.3 Å². The lowest BCUT2D eigenvalue weighted by Gasteiger charge is -2.49. The van der Waals surface area contributed by atoms with Crippen molar-refractivity contribution >= 4 is 8.53 Å². The fraction of sp³-hybridized carbons (Fsp3) is 1.00. The van der Waals surface area contributed by atoms with Crippen molar-refractivity contribution in [2.75, 3.05) is 0 Å². The zero-order valence-electron chi connectivity index (χ0n) is 8.39. The Kier molecular flexibility index (Phi) is 3.43. The third-order valence-electron chi connectivity index (χ3n) is 4.00. The molecule has 4 aliphatic carbocycles. The summed E-state index contributed by atoms with van der Waals surface area (Å²) in [6.07, 6.45) is 9.62. The van der Waals surface area contributed by atoms with Crippen molar-refractivity contribution in [3.63, 3.8) is 0 Å². The van der Waals surface area contributed by atoms with Crippen LogP contribution in [0.5, 0.6) is 0 Å². The van der Waals surface area contributed by atoms with Gasteiger partial charge < -0.3 is 15.3 Å². The van der Waals surface area contributed by atoms with Crippen LogP contribution in [0.2, 0.25) is 0 Å². The number of hydrogen-bond donors (Lipinski definition) is 1. The second kappa shape index (κ2) is 4.44. The van der Waals surface area contributed by atoms with Gasteiger partial charge in [-0.2, -0.15) is 0 Å². The summed E-state index contributed by atoms with van der Waals surface area (Å²) in [6.45, 7) is 0. The molecule has 0 aliphatic heterocycles. The zero-order chi connectivity index (χ0) is 10.1. The van der Waals surface area contributed by atoms with Gasteiger partial charge in [-0.1, -0.05) is 0 Å². The summed E-state index contributed by atoms with van der Waals surface area (Å²) >= 11 is 0. The average molecular weight is 215 g/mol. The molecule has 0 spiro atoms. The van der Waals surface area contributed by atoms with Crippen LogP contribution in [0.15, 0.2) is 0 Å². The van der Waals surface area contributed by atoms with Crippen LogP contribution in [-0.4, -0.2) is 0 Å². The van der Waals surface area contributed by atoms with E-state index in [9.17, 15) is 0 Å². The highest BCUT2D eigenvalue weighted by Crippen LogP contribution is 2.53. The number of nitrogens with two attached hydrogens (primary N) is 1. The summed E-state index contributed by atoms with van der Waals surface area (Å²) in [5.41, 5.74) is 4.06. The minimum Gasteiger partial charge on any atom is -0.830 e. The molecule has 0 aromatic rings. The largest absolute Gasteiger partial charge is 0.830 e. The minimum atomic E-state index is -2.62. The first-order chi connectivity index (χ1) is 6.63. The lowest BCUT2D eigenvalue weighted by atomic mass is 9.56. The topological polar surface area (TPSA) is 72.1 Å². The van der Waals surface area contributed by atoms with E-state index in [1.807, 2.05) is 0 Å². The molecular formula is C10H18NO2P-2. The monoisotopic (exact) mass is 215 g/mol. The first-order valence-corrected chi connectivity index (χ1v) is 6.77. The van der Waals surface area contributed by atoms with Crippen molar-refractivity contribution in [1.82, 2.24) is 0 Å². The van der Waals surface area contributed by atoms with E-state index in [1.54, 1.807) is 38.5 Å². The highest BCUT2D eigenvalue weighted by molar-refractivity contribution is 7.39. The quantitative estimate of drug-likeness (QED) is 0.605. The Labute approximate surface area is 86.7 Å². The molecule has 0 saturated heterocycles. The molecule has 82 valence electrons. The summed E-state index contributed by atoms with van der Waals surface area (Å²) in [5, 5.41) is 0. The summed E-state index contributed by atoms with van der Waals surface area (Å²) in [7, 11) is -2.62. The van der Waals surface area contributed by atoms with Gasteiger partial charge in [0.25, 0.3) is 0 Å². The first-order valence-electron chi connectivity index (χ1n) is 5.52. The summed E-state index contributed by atoms with van der Waals surface area (Å²) in [6, 6.07) is 0. The van der Waals surface area contributed by atoms with Gasteiger partial charge in [0, 0.05) is 0 Å². The van der Waals surface area contributed by atoms with Gasteiger partial charge in [0.2, 0.25) is 0 Å². The van der Waals surface area contributed by atoms with E-state index in [-0.39, 0.29) is 0 Å². The molecule has 3 nitrogen and oxygen atoms in total. The lowest BCUT2D eigenvalue weighted by molar-refractivity contribution is -0.292. The molecule has 0 aromatic heterocycles. The minimum absolute atomic E-state index is 1.18.